The van der Waals surface area contributed by atoms with Gasteiger partial charge in [0.2, 0.25) is 5.91 Å². The summed E-state index contributed by atoms with van der Waals surface area (Å²) >= 11 is 1.68. The quantitative estimate of drug-likeness (QED) is 0.445. The SMILES string of the molecule is CN(C(=O)C1CCSCC1)C(c1ccc(NC2Cc3cc(F)c(F)c(F)c3C2)cn1)C(F)(F)F. The molecule has 2 aliphatic rings. The van der Waals surface area contributed by atoms with Crippen molar-refractivity contribution in [3.05, 3.63) is 58.7 Å². The fourth-order valence-corrected chi connectivity index (χ4v) is 5.71. The second-order valence-corrected chi connectivity index (χ2v) is 9.85. The topological polar surface area (TPSA) is 45.2 Å². The van der Waals surface area contributed by atoms with E-state index in [9.17, 15) is 31.1 Å². The number of benzene rings is 1. The first kappa shape index (κ1) is 24.7. The first-order valence-corrected chi connectivity index (χ1v) is 12.0. The van der Waals surface area contributed by atoms with Crippen LogP contribution in [0, 0.1) is 23.4 Å². The van der Waals surface area contributed by atoms with Gasteiger partial charge in [-0.2, -0.15) is 24.9 Å². The molecule has 1 aromatic carbocycles. The van der Waals surface area contributed by atoms with Crippen molar-refractivity contribution in [3.8, 4) is 0 Å². The maximum absolute atomic E-state index is 14.0. The molecule has 0 radical (unpaired) electrons. The highest BCUT2D eigenvalue weighted by Crippen LogP contribution is 2.38. The van der Waals surface area contributed by atoms with E-state index in [1.54, 1.807) is 11.8 Å². The van der Waals surface area contributed by atoms with Gasteiger partial charge in [-0.25, -0.2) is 13.2 Å². The van der Waals surface area contributed by atoms with Crippen LogP contribution in [0.5, 0.6) is 0 Å². The predicted octanol–water partition coefficient (Wildman–Crippen LogP) is 5.28. The Hall–Kier alpha value is -2.43. The van der Waals surface area contributed by atoms with Gasteiger partial charge >= 0.3 is 6.18 Å². The first-order valence-electron chi connectivity index (χ1n) is 10.8. The van der Waals surface area contributed by atoms with Gasteiger partial charge in [0.15, 0.2) is 23.5 Å². The molecule has 4 nitrogen and oxygen atoms in total. The molecular weight excluding hydrogens is 480 g/mol. The normalized spacial score (nSPS) is 19.6. The average Bonchev–Trinajstić information content (AvgIpc) is 3.20. The predicted molar refractivity (Wildman–Crippen MR) is 117 cm³/mol. The number of carbonyl (C=O) groups is 1. The largest absolute Gasteiger partial charge is 0.414 e. The Morgan fingerprint density at radius 3 is 2.47 bits per heavy atom. The molecule has 0 spiro atoms. The number of aromatic nitrogens is 1. The Kier molecular flexibility index (Phi) is 7.02. The summed E-state index contributed by atoms with van der Waals surface area (Å²) in [5, 5.41) is 3.02. The molecule has 184 valence electrons. The molecule has 1 N–H and O–H groups in total. The van der Waals surface area contributed by atoms with E-state index in [-0.39, 0.29) is 24.1 Å². The van der Waals surface area contributed by atoms with Crippen molar-refractivity contribution in [2.75, 3.05) is 23.9 Å². The lowest BCUT2D eigenvalue weighted by atomic mass is 9.99. The number of alkyl halides is 3. The minimum atomic E-state index is -4.71. The maximum atomic E-state index is 14.0. The van der Waals surface area contributed by atoms with E-state index >= 15 is 0 Å². The lowest BCUT2D eigenvalue weighted by molar-refractivity contribution is -0.191. The van der Waals surface area contributed by atoms with Crippen molar-refractivity contribution in [2.24, 2.45) is 5.92 Å². The fraction of sp³-hybridized carbons (Fsp3) is 0.478. The van der Waals surface area contributed by atoms with Crippen LogP contribution < -0.4 is 5.32 Å². The van der Waals surface area contributed by atoms with E-state index in [0.717, 1.165) is 29.5 Å². The lowest BCUT2D eigenvalue weighted by Gasteiger charge is -2.33. The van der Waals surface area contributed by atoms with Crippen molar-refractivity contribution in [1.29, 1.82) is 0 Å². The third-order valence-electron chi connectivity index (χ3n) is 6.33. The van der Waals surface area contributed by atoms with Gasteiger partial charge < -0.3 is 10.2 Å². The number of amides is 1. The number of carbonyl (C=O) groups excluding carboxylic acids is 1. The first-order chi connectivity index (χ1) is 16.1. The zero-order chi connectivity index (χ0) is 24.6. The van der Waals surface area contributed by atoms with Crippen LogP contribution in [0.15, 0.2) is 24.4 Å². The summed E-state index contributed by atoms with van der Waals surface area (Å²) in [5.41, 5.74) is 0.488. The molecule has 1 saturated heterocycles. The number of rotatable bonds is 5. The summed E-state index contributed by atoms with van der Waals surface area (Å²) in [6.07, 6.45) is -2.08. The molecule has 0 saturated carbocycles. The second-order valence-electron chi connectivity index (χ2n) is 8.63. The minimum Gasteiger partial charge on any atom is -0.380 e. The van der Waals surface area contributed by atoms with Crippen LogP contribution in [0.1, 0.15) is 35.7 Å². The summed E-state index contributed by atoms with van der Waals surface area (Å²) < 4.78 is 82.7. The number of nitrogens with one attached hydrogen (secondary N) is 1. The highest BCUT2D eigenvalue weighted by atomic mass is 32.2. The molecule has 11 heteroatoms. The molecule has 2 heterocycles. The van der Waals surface area contributed by atoms with Crippen molar-refractivity contribution in [2.45, 2.75) is 43.9 Å². The number of thioether (sulfide) groups is 1. The third kappa shape index (κ3) is 4.99. The van der Waals surface area contributed by atoms with Crippen LogP contribution in [-0.2, 0) is 17.6 Å². The van der Waals surface area contributed by atoms with Gasteiger partial charge in [-0.05, 0) is 66.5 Å². The standard InChI is InChI=1S/C23H23F6N3OS/c1-32(22(33)12-4-6-34-7-5-12)21(23(27,28)29)18-3-2-14(11-30-18)31-15-8-13-9-17(24)20(26)19(25)16(13)10-15/h2-3,9,11-12,15,21,31H,4-8,10H2,1H3. The van der Waals surface area contributed by atoms with E-state index in [4.69, 9.17) is 0 Å². The van der Waals surface area contributed by atoms with Gasteiger partial charge in [-0.3, -0.25) is 9.78 Å². The number of halogens is 6. The summed E-state index contributed by atoms with van der Waals surface area (Å²) in [5.74, 6) is -3.49. The van der Waals surface area contributed by atoms with E-state index in [2.05, 4.69) is 10.3 Å². The van der Waals surface area contributed by atoms with Crippen molar-refractivity contribution < 1.29 is 31.1 Å². The maximum Gasteiger partial charge on any atom is 0.414 e. The lowest BCUT2D eigenvalue weighted by Crippen LogP contribution is -2.43. The number of anilines is 1. The number of pyridine rings is 1. The van der Waals surface area contributed by atoms with Crippen LogP contribution in [-0.4, -0.2) is 46.6 Å². The molecule has 4 rings (SSSR count). The summed E-state index contributed by atoms with van der Waals surface area (Å²) in [6, 6.07) is 0.979. The summed E-state index contributed by atoms with van der Waals surface area (Å²) in [6.45, 7) is 0. The highest BCUT2D eigenvalue weighted by molar-refractivity contribution is 7.99. The number of fused-ring (bicyclic) bond motifs is 1. The molecule has 34 heavy (non-hydrogen) atoms. The zero-order valence-corrected chi connectivity index (χ0v) is 19.1. The van der Waals surface area contributed by atoms with Gasteiger partial charge in [-0.15, -0.1) is 0 Å². The second kappa shape index (κ2) is 9.67. The monoisotopic (exact) mass is 503 g/mol. The molecule has 1 fully saturated rings. The van der Waals surface area contributed by atoms with Gasteiger partial charge in [0.1, 0.15) is 0 Å². The Bertz CT molecular complexity index is 1060. The Labute approximate surface area is 197 Å². The van der Waals surface area contributed by atoms with E-state index in [1.807, 2.05) is 0 Å². The van der Waals surface area contributed by atoms with Gasteiger partial charge in [0.25, 0.3) is 0 Å². The van der Waals surface area contributed by atoms with Crippen molar-refractivity contribution >= 4 is 23.4 Å². The number of hydrogen-bond donors (Lipinski definition) is 1. The molecular formula is C23H23F6N3OS. The average molecular weight is 504 g/mol. The zero-order valence-electron chi connectivity index (χ0n) is 18.3. The Balaban J connectivity index is 1.47. The number of nitrogens with zero attached hydrogens (tertiary/aromatic N) is 2. The van der Waals surface area contributed by atoms with Crippen molar-refractivity contribution in [1.82, 2.24) is 9.88 Å². The third-order valence-corrected chi connectivity index (χ3v) is 7.37. The van der Waals surface area contributed by atoms with E-state index < -0.39 is 47.5 Å². The molecule has 1 aliphatic heterocycles. The smallest absolute Gasteiger partial charge is 0.380 e. The van der Waals surface area contributed by atoms with Crippen LogP contribution in [0.4, 0.5) is 32.0 Å². The van der Waals surface area contributed by atoms with Crippen LogP contribution >= 0.6 is 11.8 Å². The molecule has 2 aromatic rings. The minimum absolute atomic E-state index is 0.0827. The Morgan fingerprint density at radius 1 is 1.15 bits per heavy atom. The molecule has 2 atom stereocenters. The van der Waals surface area contributed by atoms with Crippen molar-refractivity contribution in [3.63, 3.8) is 0 Å². The molecule has 2 unspecified atom stereocenters. The Morgan fingerprint density at radius 2 is 1.85 bits per heavy atom. The fourth-order valence-electron chi connectivity index (χ4n) is 4.60. The summed E-state index contributed by atoms with van der Waals surface area (Å²) in [7, 11) is 1.15. The molecule has 1 aliphatic carbocycles. The van der Waals surface area contributed by atoms with Crippen LogP contribution in [0.2, 0.25) is 0 Å². The highest BCUT2D eigenvalue weighted by Gasteiger charge is 2.47. The van der Waals surface area contributed by atoms with Crippen LogP contribution in [0.3, 0.4) is 0 Å². The molecule has 1 amide bonds. The summed E-state index contributed by atoms with van der Waals surface area (Å²) in [4.78, 5) is 17.4. The number of hydrogen-bond acceptors (Lipinski definition) is 4. The van der Waals surface area contributed by atoms with Crippen LogP contribution in [0.25, 0.3) is 0 Å². The van der Waals surface area contributed by atoms with E-state index in [1.165, 1.54) is 18.3 Å². The van der Waals surface area contributed by atoms with Gasteiger partial charge in [0, 0.05) is 19.0 Å². The molecule has 0 bridgehead atoms. The molecule has 1 aromatic heterocycles. The van der Waals surface area contributed by atoms with E-state index in [0.29, 0.717) is 24.1 Å². The van der Waals surface area contributed by atoms with Gasteiger partial charge in [0.05, 0.1) is 17.6 Å². The van der Waals surface area contributed by atoms with Gasteiger partial charge in [-0.1, -0.05) is 0 Å².